The third-order valence-corrected chi connectivity index (χ3v) is 4.01. The molecule has 0 aromatic heterocycles. The minimum atomic E-state index is -3.23. The lowest BCUT2D eigenvalue weighted by Gasteiger charge is -2.11. The molecule has 20 heavy (non-hydrogen) atoms. The van der Waals surface area contributed by atoms with E-state index in [0.717, 1.165) is 5.41 Å². The number of sulfone groups is 1. The van der Waals surface area contributed by atoms with Crippen molar-refractivity contribution >= 4 is 27.5 Å². The zero-order chi connectivity index (χ0) is 14.8. The molecular weight excluding hydrogens is 284 g/mol. The van der Waals surface area contributed by atoms with Crippen LogP contribution in [-0.2, 0) is 9.84 Å². The van der Waals surface area contributed by atoms with Crippen molar-refractivity contribution < 1.29 is 23.1 Å². The average Bonchev–Trinajstić information content (AvgIpc) is 2.68. The summed E-state index contributed by atoms with van der Waals surface area (Å²) in [7, 11) is -3.23. The number of carboxylic acids is 1. The van der Waals surface area contributed by atoms with Gasteiger partial charge in [0.1, 0.15) is 0 Å². The SMILES string of the molecule is O=C(Nc1cccc(C(=O)O)c1)NC1C=CS(=O)(=O)C1. The molecule has 0 fully saturated rings. The number of benzene rings is 1. The van der Waals surface area contributed by atoms with E-state index in [9.17, 15) is 18.0 Å². The van der Waals surface area contributed by atoms with Gasteiger partial charge in [0.2, 0.25) is 0 Å². The zero-order valence-electron chi connectivity index (χ0n) is 10.2. The van der Waals surface area contributed by atoms with Crippen molar-refractivity contribution in [2.24, 2.45) is 0 Å². The molecule has 0 aliphatic carbocycles. The fourth-order valence-electron chi connectivity index (χ4n) is 1.73. The van der Waals surface area contributed by atoms with Crippen LogP contribution in [0.4, 0.5) is 10.5 Å². The number of amides is 2. The molecule has 2 rings (SSSR count). The Kier molecular flexibility index (Phi) is 3.75. The fourth-order valence-corrected chi connectivity index (χ4v) is 2.97. The predicted molar refractivity (Wildman–Crippen MR) is 72.3 cm³/mol. The maximum absolute atomic E-state index is 11.7. The summed E-state index contributed by atoms with van der Waals surface area (Å²) in [5.74, 6) is -1.27. The molecule has 1 atom stereocenters. The Morgan fingerprint density at radius 2 is 2.05 bits per heavy atom. The van der Waals surface area contributed by atoms with Gasteiger partial charge < -0.3 is 15.7 Å². The lowest BCUT2D eigenvalue weighted by molar-refractivity contribution is 0.0697. The molecule has 3 N–H and O–H groups in total. The Morgan fingerprint density at radius 1 is 1.30 bits per heavy atom. The second-order valence-electron chi connectivity index (χ2n) is 4.25. The van der Waals surface area contributed by atoms with Gasteiger partial charge in [-0.25, -0.2) is 18.0 Å². The van der Waals surface area contributed by atoms with Crippen LogP contribution >= 0.6 is 0 Å². The number of anilines is 1. The van der Waals surface area contributed by atoms with Crippen molar-refractivity contribution in [1.82, 2.24) is 5.32 Å². The summed E-state index contributed by atoms with van der Waals surface area (Å²) in [6.45, 7) is 0. The molecule has 0 saturated carbocycles. The molecule has 1 aromatic carbocycles. The smallest absolute Gasteiger partial charge is 0.335 e. The first kappa shape index (κ1) is 14.1. The molecular formula is C12H12N2O5S. The Hall–Kier alpha value is -2.35. The molecule has 106 valence electrons. The molecule has 1 aromatic rings. The molecule has 1 aliphatic heterocycles. The van der Waals surface area contributed by atoms with Crippen LogP contribution in [-0.4, -0.2) is 37.3 Å². The predicted octanol–water partition coefficient (Wildman–Crippen LogP) is 0.817. The van der Waals surface area contributed by atoms with Crippen LogP contribution in [0.1, 0.15) is 10.4 Å². The topological polar surface area (TPSA) is 113 Å². The van der Waals surface area contributed by atoms with Crippen molar-refractivity contribution in [1.29, 1.82) is 0 Å². The highest BCUT2D eigenvalue weighted by Crippen LogP contribution is 2.11. The third kappa shape index (κ3) is 3.58. The van der Waals surface area contributed by atoms with Gasteiger partial charge in [-0.2, -0.15) is 0 Å². The molecule has 0 bridgehead atoms. The molecule has 0 spiro atoms. The Morgan fingerprint density at radius 3 is 2.65 bits per heavy atom. The standard InChI is InChI=1S/C12H12N2O5S/c15-11(16)8-2-1-3-9(6-8)13-12(17)14-10-4-5-20(18,19)7-10/h1-6,10H,7H2,(H,15,16)(H2,13,14,17). The average molecular weight is 296 g/mol. The van der Waals surface area contributed by atoms with Crippen LogP contribution in [0, 0.1) is 0 Å². The van der Waals surface area contributed by atoms with Gasteiger partial charge in [0.25, 0.3) is 0 Å². The van der Waals surface area contributed by atoms with Gasteiger partial charge in [-0.15, -0.1) is 0 Å². The van der Waals surface area contributed by atoms with Crippen molar-refractivity contribution in [3.63, 3.8) is 0 Å². The van der Waals surface area contributed by atoms with Gasteiger partial charge >= 0.3 is 12.0 Å². The van der Waals surface area contributed by atoms with E-state index in [1.165, 1.54) is 30.3 Å². The molecule has 0 radical (unpaired) electrons. The van der Waals surface area contributed by atoms with E-state index in [0.29, 0.717) is 5.69 Å². The number of urea groups is 1. The number of carboxylic acid groups (broad SMARTS) is 1. The van der Waals surface area contributed by atoms with Gasteiger partial charge in [0.15, 0.2) is 9.84 Å². The van der Waals surface area contributed by atoms with Crippen LogP contribution in [0.15, 0.2) is 35.7 Å². The van der Waals surface area contributed by atoms with E-state index < -0.39 is 27.9 Å². The summed E-state index contributed by atoms with van der Waals surface area (Å²) in [5, 5.41) is 14.8. The Labute approximate surface area is 115 Å². The molecule has 1 aliphatic rings. The summed E-state index contributed by atoms with van der Waals surface area (Å²) in [5.41, 5.74) is 0.360. The van der Waals surface area contributed by atoms with E-state index in [1.807, 2.05) is 0 Å². The molecule has 8 heteroatoms. The highest BCUT2D eigenvalue weighted by atomic mass is 32.2. The van der Waals surface area contributed by atoms with Crippen LogP contribution in [0.2, 0.25) is 0 Å². The Bertz CT molecular complexity index is 681. The van der Waals surface area contributed by atoms with E-state index in [1.54, 1.807) is 0 Å². The first-order chi connectivity index (χ1) is 9.35. The summed E-state index contributed by atoms with van der Waals surface area (Å²) in [6, 6.07) is 4.56. The summed E-state index contributed by atoms with van der Waals surface area (Å²) >= 11 is 0. The van der Waals surface area contributed by atoms with E-state index in [4.69, 9.17) is 5.11 Å². The minimum Gasteiger partial charge on any atom is -0.478 e. The molecule has 0 saturated heterocycles. The van der Waals surface area contributed by atoms with E-state index in [-0.39, 0.29) is 11.3 Å². The normalized spacial score (nSPS) is 19.5. The largest absolute Gasteiger partial charge is 0.478 e. The van der Waals surface area contributed by atoms with Crippen LogP contribution in [0.25, 0.3) is 0 Å². The van der Waals surface area contributed by atoms with Crippen molar-refractivity contribution in [3.05, 3.63) is 41.3 Å². The van der Waals surface area contributed by atoms with Gasteiger partial charge in [-0.3, -0.25) is 0 Å². The zero-order valence-corrected chi connectivity index (χ0v) is 11.1. The lowest BCUT2D eigenvalue weighted by Crippen LogP contribution is -2.38. The maximum Gasteiger partial charge on any atom is 0.335 e. The number of hydrogen-bond donors (Lipinski definition) is 3. The summed E-state index contributed by atoms with van der Waals surface area (Å²) < 4.78 is 22.4. The molecule has 2 amide bonds. The Balaban J connectivity index is 1.97. The number of aromatic carboxylic acids is 1. The first-order valence-corrected chi connectivity index (χ1v) is 7.39. The number of hydrogen-bond acceptors (Lipinski definition) is 4. The van der Waals surface area contributed by atoms with Gasteiger partial charge in [-0.05, 0) is 24.3 Å². The molecule has 1 heterocycles. The number of nitrogens with one attached hydrogen (secondary N) is 2. The first-order valence-electron chi connectivity index (χ1n) is 5.67. The summed E-state index contributed by atoms with van der Waals surface area (Å²) in [4.78, 5) is 22.4. The lowest BCUT2D eigenvalue weighted by atomic mass is 10.2. The van der Waals surface area contributed by atoms with Crippen molar-refractivity contribution in [3.8, 4) is 0 Å². The second-order valence-corrected chi connectivity index (χ2v) is 6.18. The maximum atomic E-state index is 11.7. The highest BCUT2D eigenvalue weighted by molar-refractivity contribution is 7.94. The van der Waals surface area contributed by atoms with Gasteiger partial charge in [-0.1, -0.05) is 6.07 Å². The fraction of sp³-hybridized carbons (Fsp3) is 0.167. The van der Waals surface area contributed by atoms with E-state index in [2.05, 4.69) is 10.6 Å². The van der Waals surface area contributed by atoms with Crippen molar-refractivity contribution in [2.45, 2.75) is 6.04 Å². The van der Waals surface area contributed by atoms with Gasteiger partial charge in [0, 0.05) is 11.1 Å². The third-order valence-electron chi connectivity index (χ3n) is 2.61. The van der Waals surface area contributed by atoms with Crippen LogP contribution in [0.5, 0.6) is 0 Å². The van der Waals surface area contributed by atoms with Crippen LogP contribution in [0.3, 0.4) is 0 Å². The quantitative estimate of drug-likeness (QED) is 0.764. The number of rotatable bonds is 3. The minimum absolute atomic E-state index is 0.0474. The van der Waals surface area contributed by atoms with E-state index >= 15 is 0 Å². The monoisotopic (exact) mass is 296 g/mol. The van der Waals surface area contributed by atoms with Crippen LogP contribution < -0.4 is 10.6 Å². The highest BCUT2D eigenvalue weighted by Gasteiger charge is 2.22. The summed E-state index contributed by atoms with van der Waals surface area (Å²) in [6.07, 6.45) is 1.39. The van der Waals surface area contributed by atoms with Crippen molar-refractivity contribution in [2.75, 3.05) is 11.1 Å². The second kappa shape index (κ2) is 5.33. The number of carbonyl (C=O) groups is 2. The molecule has 1 unspecified atom stereocenters. The molecule has 7 nitrogen and oxygen atoms in total. The number of carbonyl (C=O) groups excluding carboxylic acids is 1. The van der Waals surface area contributed by atoms with Gasteiger partial charge in [0.05, 0.1) is 17.4 Å².